The molecule has 0 aliphatic heterocycles. The van der Waals surface area contributed by atoms with Gasteiger partial charge in [-0.2, -0.15) is 0 Å². The average Bonchev–Trinajstić information content (AvgIpc) is 3.44. The van der Waals surface area contributed by atoms with Crippen LogP contribution in [-0.2, 0) is 11.2 Å². The summed E-state index contributed by atoms with van der Waals surface area (Å²) < 4.78 is 0. The second-order valence-electron chi connectivity index (χ2n) is 7.03. The third-order valence-corrected chi connectivity index (χ3v) is 6.66. The molecular weight excluding hydrogens is 408 g/mol. The molecule has 2 amide bonds. The molecule has 2 unspecified atom stereocenters. The zero-order chi connectivity index (χ0) is 20.2. The second kappa shape index (κ2) is 8.75. The minimum absolute atomic E-state index is 0.139. The van der Waals surface area contributed by atoms with E-state index in [0.29, 0.717) is 27.7 Å². The van der Waals surface area contributed by atoms with Crippen LogP contribution in [0.1, 0.15) is 52.5 Å². The van der Waals surface area contributed by atoms with Crippen molar-refractivity contribution in [1.82, 2.24) is 20.4 Å². The number of nitrogens with zero attached hydrogens (tertiary/aromatic N) is 4. The minimum atomic E-state index is -0.177. The van der Waals surface area contributed by atoms with Crippen molar-refractivity contribution in [3.8, 4) is 0 Å². The van der Waals surface area contributed by atoms with E-state index in [9.17, 15) is 9.59 Å². The van der Waals surface area contributed by atoms with Crippen molar-refractivity contribution in [1.29, 1.82) is 0 Å². The lowest BCUT2D eigenvalue weighted by molar-refractivity contribution is -0.114. The van der Waals surface area contributed by atoms with Gasteiger partial charge < -0.3 is 5.32 Å². The Morgan fingerprint density at radius 3 is 2.55 bits per heavy atom. The molecule has 2 aromatic heterocycles. The lowest BCUT2D eigenvalue weighted by Crippen LogP contribution is -2.11. The molecule has 10 heteroatoms. The Morgan fingerprint density at radius 1 is 1.00 bits per heavy atom. The Morgan fingerprint density at radius 2 is 1.76 bits per heavy atom. The first kappa shape index (κ1) is 19.6. The summed E-state index contributed by atoms with van der Waals surface area (Å²) >= 11 is 2.87. The summed E-state index contributed by atoms with van der Waals surface area (Å²) in [5.41, 5.74) is 0.598. The van der Waals surface area contributed by atoms with Crippen molar-refractivity contribution in [2.24, 2.45) is 5.92 Å². The molecule has 1 aromatic carbocycles. The quantitative estimate of drug-likeness (QED) is 0.619. The maximum Gasteiger partial charge on any atom is 0.257 e. The monoisotopic (exact) mass is 428 g/mol. The SMILES string of the molecule is CC(=O)Nc1nnc(CC2CCC(c3nnc(NC(=O)c4ccccc4)s3)C2)s1. The molecule has 29 heavy (non-hydrogen) atoms. The zero-order valence-electron chi connectivity index (χ0n) is 15.8. The van der Waals surface area contributed by atoms with Crippen LogP contribution in [0.15, 0.2) is 30.3 Å². The molecule has 8 nitrogen and oxygen atoms in total. The second-order valence-corrected chi connectivity index (χ2v) is 9.10. The fourth-order valence-corrected chi connectivity index (χ4v) is 5.26. The summed E-state index contributed by atoms with van der Waals surface area (Å²) in [6.07, 6.45) is 3.99. The molecule has 0 saturated heterocycles. The van der Waals surface area contributed by atoms with Gasteiger partial charge in [0.2, 0.25) is 16.2 Å². The Kier molecular flexibility index (Phi) is 5.91. The first-order valence-electron chi connectivity index (χ1n) is 9.36. The van der Waals surface area contributed by atoms with Gasteiger partial charge in [0.15, 0.2) is 0 Å². The molecule has 1 aliphatic rings. The van der Waals surface area contributed by atoms with Gasteiger partial charge >= 0.3 is 0 Å². The third kappa shape index (κ3) is 5.01. The summed E-state index contributed by atoms with van der Waals surface area (Å²) in [5.74, 6) is 0.538. The molecule has 0 bridgehead atoms. The average molecular weight is 429 g/mol. The van der Waals surface area contributed by atoms with Gasteiger partial charge in [0.05, 0.1) is 0 Å². The molecule has 1 aliphatic carbocycles. The van der Waals surface area contributed by atoms with Gasteiger partial charge in [-0.25, -0.2) is 0 Å². The van der Waals surface area contributed by atoms with Crippen LogP contribution in [0.5, 0.6) is 0 Å². The lowest BCUT2D eigenvalue weighted by atomic mass is 10.0. The van der Waals surface area contributed by atoms with E-state index < -0.39 is 0 Å². The molecule has 4 rings (SSSR count). The van der Waals surface area contributed by atoms with E-state index in [4.69, 9.17) is 0 Å². The molecule has 2 N–H and O–H groups in total. The number of carbonyl (C=O) groups excluding carboxylic acids is 2. The Hall–Kier alpha value is -2.72. The van der Waals surface area contributed by atoms with Crippen LogP contribution in [0.25, 0.3) is 0 Å². The highest BCUT2D eigenvalue weighted by Crippen LogP contribution is 2.41. The van der Waals surface area contributed by atoms with Crippen molar-refractivity contribution in [2.75, 3.05) is 10.6 Å². The third-order valence-electron chi connectivity index (χ3n) is 4.80. The largest absolute Gasteiger partial charge is 0.301 e. The fourth-order valence-electron chi connectivity index (χ4n) is 3.48. The molecule has 0 radical (unpaired) electrons. The van der Waals surface area contributed by atoms with Crippen molar-refractivity contribution in [3.63, 3.8) is 0 Å². The van der Waals surface area contributed by atoms with Crippen LogP contribution >= 0.6 is 22.7 Å². The molecule has 150 valence electrons. The first-order chi connectivity index (χ1) is 14.1. The summed E-state index contributed by atoms with van der Waals surface area (Å²) in [7, 11) is 0. The Balaban J connectivity index is 1.32. The number of amides is 2. The summed E-state index contributed by atoms with van der Waals surface area (Å²) in [4.78, 5) is 23.4. The predicted octanol–water partition coefficient (Wildman–Crippen LogP) is 3.73. The van der Waals surface area contributed by atoms with Gasteiger partial charge in [-0.05, 0) is 37.3 Å². The molecule has 1 saturated carbocycles. The van der Waals surface area contributed by atoms with Gasteiger partial charge in [0.1, 0.15) is 10.0 Å². The molecule has 0 spiro atoms. The van der Waals surface area contributed by atoms with Gasteiger partial charge in [0.25, 0.3) is 5.91 Å². The van der Waals surface area contributed by atoms with E-state index >= 15 is 0 Å². The summed E-state index contributed by atoms with van der Waals surface area (Å²) in [5, 5.41) is 25.1. The fraction of sp³-hybridized carbons (Fsp3) is 0.368. The van der Waals surface area contributed by atoms with Gasteiger partial charge in [-0.15, -0.1) is 20.4 Å². The number of nitrogens with one attached hydrogen (secondary N) is 2. The number of benzene rings is 1. The molecule has 2 heterocycles. The van der Waals surface area contributed by atoms with Crippen LogP contribution in [-0.4, -0.2) is 32.2 Å². The van der Waals surface area contributed by atoms with Crippen LogP contribution in [0.3, 0.4) is 0 Å². The van der Waals surface area contributed by atoms with Gasteiger partial charge in [-0.1, -0.05) is 40.9 Å². The van der Waals surface area contributed by atoms with E-state index in [1.54, 1.807) is 12.1 Å². The smallest absolute Gasteiger partial charge is 0.257 e. The molecule has 2 atom stereocenters. The maximum atomic E-state index is 12.3. The van der Waals surface area contributed by atoms with Crippen LogP contribution < -0.4 is 10.6 Å². The number of hydrogen-bond acceptors (Lipinski definition) is 8. The van der Waals surface area contributed by atoms with E-state index in [1.165, 1.54) is 29.6 Å². The Bertz CT molecular complexity index is 1000. The highest BCUT2D eigenvalue weighted by molar-refractivity contribution is 7.15. The zero-order valence-corrected chi connectivity index (χ0v) is 17.4. The van der Waals surface area contributed by atoms with Crippen molar-refractivity contribution in [3.05, 3.63) is 45.9 Å². The number of rotatable bonds is 6. The lowest BCUT2D eigenvalue weighted by Gasteiger charge is -2.06. The van der Waals surface area contributed by atoms with Crippen molar-refractivity contribution >= 4 is 44.8 Å². The normalized spacial score (nSPS) is 18.5. The van der Waals surface area contributed by atoms with E-state index in [2.05, 4.69) is 31.0 Å². The van der Waals surface area contributed by atoms with E-state index in [1.807, 2.05) is 18.2 Å². The molecular formula is C19H20N6O2S2. The van der Waals surface area contributed by atoms with Gasteiger partial charge in [0, 0.05) is 24.8 Å². The number of aromatic nitrogens is 4. The van der Waals surface area contributed by atoms with E-state index in [0.717, 1.165) is 35.7 Å². The van der Waals surface area contributed by atoms with Crippen molar-refractivity contribution in [2.45, 2.75) is 38.5 Å². The highest BCUT2D eigenvalue weighted by Gasteiger charge is 2.29. The maximum absolute atomic E-state index is 12.3. The van der Waals surface area contributed by atoms with Gasteiger partial charge in [-0.3, -0.25) is 14.9 Å². The molecule has 1 fully saturated rings. The topological polar surface area (TPSA) is 110 Å². The Labute approximate surface area is 175 Å². The molecule has 3 aromatic rings. The van der Waals surface area contributed by atoms with E-state index in [-0.39, 0.29) is 11.8 Å². The number of anilines is 2. The standard InChI is InChI=1S/C19H20N6O2S2/c1-11(26)20-18-24-22-15(28-18)10-12-7-8-14(9-12)17-23-25-19(29-17)21-16(27)13-5-3-2-4-6-13/h2-6,12,14H,7-10H2,1H3,(H,20,24,26)(H,21,25,27). The summed E-state index contributed by atoms with van der Waals surface area (Å²) in [6.45, 7) is 1.46. The summed E-state index contributed by atoms with van der Waals surface area (Å²) in [6, 6.07) is 9.07. The highest BCUT2D eigenvalue weighted by atomic mass is 32.1. The van der Waals surface area contributed by atoms with Crippen LogP contribution in [0.2, 0.25) is 0 Å². The van der Waals surface area contributed by atoms with Crippen molar-refractivity contribution < 1.29 is 9.59 Å². The minimum Gasteiger partial charge on any atom is -0.301 e. The first-order valence-corrected chi connectivity index (χ1v) is 11.0. The predicted molar refractivity (Wildman–Crippen MR) is 112 cm³/mol. The number of carbonyl (C=O) groups is 2. The number of hydrogen-bond donors (Lipinski definition) is 2. The van der Waals surface area contributed by atoms with Crippen LogP contribution in [0.4, 0.5) is 10.3 Å². The van der Waals surface area contributed by atoms with Crippen LogP contribution in [0, 0.1) is 5.92 Å².